The lowest BCUT2D eigenvalue weighted by molar-refractivity contribution is -0.149. The van der Waals surface area contributed by atoms with Gasteiger partial charge >= 0.3 is 0 Å². The van der Waals surface area contributed by atoms with Gasteiger partial charge in [0.2, 0.25) is 11.8 Å². The number of benzene rings is 3. The first-order valence-electron chi connectivity index (χ1n) is 13.1. The fourth-order valence-electron chi connectivity index (χ4n) is 3.95. The second-order valence-corrected chi connectivity index (χ2v) is 9.61. The van der Waals surface area contributed by atoms with Crippen LogP contribution in [0.25, 0.3) is 0 Å². The molecular formula is C30H35N5O6. The van der Waals surface area contributed by atoms with Gasteiger partial charge in [0, 0.05) is 12.8 Å². The van der Waals surface area contributed by atoms with Crippen molar-refractivity contribution in [2.24, 2.45) is 11.5 Å². The molecule has 0 fully saturated rings. The number of rotatable bonds is 14. The van der Waals surface area contributed by atoms with Crippen LogP contribution in [0.15, 0.2) is 84.9 Å². The maximum absolute atomic E-state index is 13.3. The van der Waals surface area contributed by atoms with Crippen molar-refractivity contribution < 1.29 is 29.1 Å². The average Bonchev–Trinajstić information content (AvgIpc) is 2.97. The van der Waals surface area contributed by atoms with E-state index in [2.05, 4.69) is 16.1 Å². The zero-order chi connectivity index (χ0) is 29.8. The molecule has 4 amide bonds. The third kappa shape index (κ3) is 10.1. The van der Waals surface area contributed by atoms with E-state index in [4.69, 9.17) is 16.3 Å². The summed E-state index contributed by atoms with van der Waals surface area (Å²) in [5.41, 5.74) is 16.0. The number of carbonyl (C=O) groups excluding carboxylic acids is 4. The molecule has 3 aromatic rings. The number of aromatic hydroxyl groups is 1. The molecule has 3 aromatic carbocycles. The van der Waals surface area contributed by atoms with Crippen LogP contribution in [0.1, 0.15) is 23.6 Å². The molecule has 0 radical (unpaired) electrons. The van der Waals surface area contributed by atoms with Gasteiger partial charge in [-0.1, -0.05) is 72.8 Å². The molecule has 8 N–H and O–H groups in total. The summed E-state index contributed by atoms with van der Waals surface area (Å²) < 4.78 is 0. The molecule has 11 nitrogen and oxygen atoms in total. The molecule has 0 aliphatic rings. The molecule has 0 saturated carbocycles. The average molecular weight is 562 g/mol. The lowest BCUT2D eigenvalue weighted by Gasteiger charge is -2.24. The monoisotopic (exact) mass is 561 g/mol. The van der Waals surface area contributed by atoms with E-state index < -0.39 is 47.9 Å². The van der Waals surface area contributed by atoms with Crippen molar-refractivity contribution >= 4 is 23.6 Å². The third-order valence-corrected chi connectivity index (χ3v) is 6.29. The summed E-state index contributed by atoms with van der Waals surface area (Å²) in [4.78, 5) is 56.0. The molecule has 4 unspecified atom stereocenters. The number of carbonyl (C=O) groups is 4. The Kier molecular flexibility index (Phi) is 11.4. The Labute approximate surface area is 238 Å². The zero-order valence-corrected chi connectivity index (χ0v) is 22.7. The summed E-state index contributed by atoms with van der Waals surface area (Å²) in [6, 6.07) is 21.3. The minimum absolute atomic E-state index is 0.0931. The van der Waals surface area contributed by atoms with Gasteiger partial charge in [0.15, 0.2) is 6.10 Å². The van der Waals surface area contributed by atoms with E-state index in [-0.39, 0.29) is 25.0 Å². The van der Waals surface area contributed by atoms with Gasteiger partial charge in [0.25, 0.3) is 11.8 Å². The van der Waals surface area contributed by atoms with E-state index >= 15 is 0 Å². The van der Waals surface area contributed by atoms with Crippen LogP contribution >= 0.6 is 0 Å². The fraction of sp³-hybridized carbons (Fsp3) is 0.267. The largest absolute Gasteiger partial charge is 0.508 e. The Hall–Kier alpha value is -4.74. The number of hydrogen-bond donors (Lipinski definition) is 6. The van der Waals surface area contributed by atoms with Crippen LogP contribution in [-0.2, 0) is 43.3 Å². The predicted octanol–water partition coefficient (Wildman–Crippen LogP) is 0.639. The molecule has 0 aliphatic heterocycles. The van der Waals surface area contributed by atoms with Crippen LogP contribution in [-0.4, -0.2) is 53.0 Å². The summed E-state index contributed by atoms with van der Waals surface area (Å²) in [5, 5.41) is 14.7. The first kappa shape index (κ1) is 30.8. The van der Waals surface area contributed by atoms with Gasteiger partial charge < -0.3 is 27.2 Å². The minimum atomic E-state index is -1.18. The van der Waals surface area contributed by atoms with Crippen molar-refractivity contribution in [1.82, 2.24) is 16.1 Å². The Bertz CT molecular complexity index is 1300. The zero-order valence-electron chi connectivity index (χ0n) is 22.7. The summed E-state index contributed by atoms with van der Waals surface area (Å²) in [5.74, 6) is -2.55. The SMILES string of the molecule is CC(ONC(=O)C(N)Cc1ccc(O)cc1)C(=O)NC(Cc1ccccc1)C(=O)NC(Cc1ccccc1)C(N)=O. The molecular weight excluding hydrogens is 526 g/mol. The number of amides is 4. The number of nitrogens with one attached hydrogen (secondary N) is 3. The Morgan fingerprint density at radius 3 is 1.73 bits per heavy atom. The highest BCUT2D eigenvalue weighted by Gasteiger charge is 2.28. The van der Waals surface area contributed by atoms with Crippen molar-refractivity contribution in [3.63, 3.8) is 0 Å². The molecule has 0 bridgehead atoms. The lowest BCUT2D eigenvalue weighted by atomic mass is 10.0. The van der Waals surface area contributed by atoms with E-state index in [1.807, 2.05) is 36.4 Å². The highest BCUT2D eigenvalue weighted by molar-refractivity contribution is 5.92. The van der Waals surface area contributed by atoms with Gasteiger partial charge in [-0.3, -0.25) is 24.0 Å². The second kappa shape index (κ2) is 15.2. The summed E-state index contributed by atoms with van der Waals surface area (Å²) in [6.07, 6.45) is -0.683. The molecule has 3 rings (SSSR count). The van der Waals surface area contributed by atoms with Crippen molar-refractivity contribution in [2.45, 2.75) is 50.4 Å². The summed E-state index contributed by atoms with van der Waals surface area (Å²) in [7, 11) is 0. The Morgan fingerprint density at radius 1 is 0.707 bits per heavy atom. The molecule has 11 heteroatoms. The maximum atomic E-state index is 13.3. The minimum Gasteiger partial charge on any atom is -0.508 e. The molecule has 4 atom stereocenters. The van der Waals surface area contributed by atoms with Crippen molar-refractivity contribution in [1.29, 1.82) is 0 Å². The molecule has 0 saturated heterocycles. The van der Waals surface area contributed by atoms with Crippen LogP contribution in [0, 0.1) is 0 Å². The van der Waals surface area contributed by atoms with E-state index in [1.54, 1.807) is 36.4 Å². The van der Waals surface area contributed by atoms with E-state index in [1.165, 1.54) is 19.1 Å². The number of phenols is 1. The number of phenolic OH excluding ortho intramolecular Hbond substituents is 1. The van der Waals surface area contributed by atoms with Crippen LogP contribution in [0.4, 0.5) is 0 Å². The molecule has 0 aromatic heterocycles. The lowest BCUT2D eigenvalue weighted by Crippen LogP contribution is -2.56. The van der Waals surface area contributed by atoms with E-state index in [0.29, 0.717) is 0 Å². The van der Waals surface area contributed by atoms with Crippen molar-refractivity contribution in [3.05, 3.63) is 102 Å². The highest BCUT2D eigenvalue weighted by atomic mass is 16.7. The van der Waals surface area contributed by atoms with Gasteiger partial charge in [-0.05, 0) is 42.2 Å². The molecule has 0 heterocycles. The number of primary amides is 1. The van der Waals surface area contributed by atoms with Crippen LogP contribution < -0.4 is 27.6 Å². The van der Waals surface area contributed by atoms with Crippen molar-refractivity contribution in [2.75, 3.05) is 0 Å². The van der Waals surface area contributed by atoms with Gasteiger partial charge in [-0.2, -0.15) is 0 Å². The summed E-state index contributed by atoms with van der Waals surface area (Å²) >= 11 is 0. The Morgan fingerprint density at radius 2 is 1.20 bits per heavy atom. The van der Waals surface area contributed by atoms with Gasteiger partial charge in [0.1, 0.15) is 17.8 Å². The number of nitrogens with two attached hydrogens (primary N) is 2. The standard InChI is InChI=1S/C30H35N5O6/c1-19(41-35-29(39)24(31)16-22-12-14-23(36)15-13-22)28(38)34-26(18-21-10-6-3-7-11-21)30(40)33-25(27(32)37)17-20-8-4-2-5-9-20/h2-15,19,24-26,36H,16-18,31H2,1H3,(H2,32,37)(H,33,40)(H,34,38)(H,35,39). The van der Waals surface area contributed by atoms with Crippen molar-refractivity contribution in [3.8, 4) is 5.75 Å². The molecule has 41 heavy (non-hydrogen) atoms. The van der Waals surface area contributed by atoms with Crippen LogP contribution in [0.2, 0.25) is 0 Å². The summed E-state index contributed by atoms with van der Waals surface area (Å²) in [6.45, 7) is 1.40. The van der Waals surface area contributed by atoms with Crippen LogP contribution in [0.5, 0.6) is 5.75 Å². The van der Waals surface area contributed by atoms with Gasteiger partial charge in [0.05, 0.1) is 6.04 Å². The van der Waals surface area contributed by atoms with E-state index in [9.17, 15) is 24.3 Å². The molecule has 0 aliphatic carbocycles. The Balaban J connectivity index is 1.61. The van der Waals surface area contributed by atoms with Crippen LogP contribution in [0.3, 0.4) is 0 Å². The predicted molar refractivity (Wildman–Crippen MR) is 152 cm³/mol. The normalized spacial score (nSPS) is 13.7. The van der Waals surface area contributed by atoms with E-state index in [0.717, 1.165) is 16.7 Å². The quantitative estimate of drug-likeness (QED) is 0.156. The molecule has 0 spiro atoms. The molecule has 216 valence electrons. The number of hydrogen-bond acceptors (Lipinski definition) is 7. The maximum Gasteiger partial charge on any atom is 0.260 e. The smallest absolute Gasteiger partial charge is 0.260 e. The topological polar surface area (TPSA) is 186 Å². The number of hydroxylamine groups is 1. The van der Waals surface area contributed by atoms with Gasteiger partial charge in [-0.25, -0.2) is 5.48 Å². The fourth-order valence-corrected chi connectivity index (χ4v) is 3.95. The third-order valence-electron chi connectivity index (χ3n) is 6.29. The second-order valence-electron chi connectivity index (χ2n) is 9.61. The highest BCUT2D eigenvalue weighted by Crippen LogP contribution is 2.11. The first-order chi connectivity index (χ1) is 19.6. The first-order valence-corrected chi connectivity index (χ1v) is 13.1. The van der Waals surface area contributed by atoms with Gasteiger partial charge in [-0.15, -0.1) is 0 Å².